The van der Waals surface area contributed by atoms with Crippen molar-refractivity contribution in [1.29, 1.82) is 0 Å². The molecule has 4 aromatic rings. The van der Waals surface area contributed by atoms with Crippen molar-refractivity contribution in [1.82, 2.24) is 34.6 Å². The van der Waals surface area contributed by atoms with Gasteiger partial charge in [-0.25, -0.2) is 19.3 Å². The van der Waals surface area contributed by atoms with E-state index in [4.69, 9.17) is 16.0 Å². The summed E-state index contributed by atoms with van der Waals surface area (Å²) < 4.78 is 22.3. The Morgan fingerprint density at radius 1 is 1.14 bits per heavy atom. The first-order valence-electron chi connectivity index (χ1n) is 11.2. The summed E-state index contributed by atoms with van der Waals surface area (Å²) in [5.74, 6) is -0.742. The van der Waals surface area contributed by atoms with E-state index in [1.165, 1.54) is 12.3 Å². The number of nitrogens with zero attached hydrogens (tertiary/aromatic N) is 8. The van der Waals surface area contributed by atoms with Crippen LogP contribution in [0.2, 0.25) is 5.15 Å². The lowest BCUT2D eigenvalue weighted by molar-refractivity contribution is 0.0744. The first kappa shape index (κ1) is 23.2. The number of aromatic nitrogens is 6. The number of anilines is 1. The number of fused-ring (bicyclic) bond motifs is 1. The molecule has 4 aromatic heterocycles. The van der Waals surface area contributed by atoms with Crippen molar-refractivity contribution in [2.45, 2.75) is 27.3 Å². The molecule has 0 aliphatic carbocycles. The normalized spacial score (nSPS) is 14.7. The van der Waals surface area contributed by atoms with Gasteiger partial charge in [0.15, 0.2) is 11.4 Å². The highest BCUT2D eigenvalue weighted by Gasteiger charge is 2.26. The Bertz CT molecular complexity index is 1390. The van der Waals surface area contributed by atoms with Crippen LogP contribution in [0.3, 0.4) is 0 Å². The van der Waals surface area contributed by atoms with E-state index in [-0.39, 0.29) is 28.4 Å². The van der Waals surface area contributed by atoms with Crippen LogP contribution >= 0.6 is 11.6 Å². The van der Waals surface area contributed by atoms with E-state index in [0.29, 0.717) is 55.1 Å². The third-order valence-electron chi connectivity index (χ3n) is 5.52. The maximum absolute atomic E-state index is 14.9. The van der Waals surface area contributed by atoms with E-state index >= 15 is 0 Å². The Balaban J connectivity index is 1.25. The van der Waals surface area contributed by atoms with Gasteiger partial charge in [0.25, 0.3) is 11.9 Å². The fourth-order valence-electron chi connectivity index (χ4n) is 3.89. The SMILES string of the molecule is CC(C)(C)Cn1cnc(-c2ncc(C(=O)N3CCN(c4nc5nc(Cl)ccc5o4)CC3)cc2F)n1. The van der Waals surface area contributed by atoms with E-state index in [9.17, 15) is 9.18 Å². The van der Waals surface area contributed by atoms with Crippen molar-refractivity contribution in [3.63, 3.8) is 0 Å². The third kappa shape index (κ3) is 4.95. The van der Waals surface area contributed by atoms with E-state index < -0.39 is 5.82 Å². The minimum absolute atomic E-state index is 0.00230. The van der Waals surface area contributed by atoms with Crippen molar-refractivity contribution in [3.8, 4) is 11.5 Å². The van der Waals surface area contributed by atoms with E-state index in [1.54, 1.807) is 28.0 Å². The quantitative estimate of drug-likeness (QED) is 0.392. The molecule has 1 fully saturated rings. The van der Waals surface area contributed by atoms with Crippen LogP contribution in [0.4, 0.5) is 10.4 Å². The minimum atomic E-state index is -0.638. The van der Waals surface area contributed by atoms with Crippen LogP contribution in [0.25, 0.3) is 22.7 Å². The molecule has 1 amide bonds. The molecule has 35 heavy (non-hydrogen) atoms. The lowest BCUT2D eigenvalue weighted by atomic mass is 9.97. The molecule has 12 heteroatoms. The van der Waals surface area contributed by atoms with Crippen molar-refractivity contribution in [2.24, 2.45) is 5.41 Å². The van der Waals surface area contributed by atoms with Crippen molar-refractivity contribution < 1.29 is 13.6 Å². The molecule has 0 saturated carbocycles. The van der Waals surface area contributed by atoms with Crippen LogP contribution < -0.4 is 4.90 Å². The Labute approximate surface area is 205 Å². The molecule has 0 radical (unpaired) electrons. The zero-order valence-corrected chi connectivity index (χ0v) is 20.3. The highest BCUT2D eigenvalue weighted by Crippen LogP contribution is 2.24. The van der Waals surface area contributed by atoms with Gasteiger partial charge in [-0.05, 0) is 23.6 Å². The third-order valence-corrected chi connectivity index (χ3v) is 5.73. The Morgan fingerprint density at radius 2 is 1.91 bits per heavy atom. The van der Waals surface area contributed by atoms with Gasteiger partial charge in [-0.2, -0.15) is 4.98 Å². The summed E-state index contributed by atoms with van der Waals surface area (Å²) in [6.07, 6.45) is 2.93. The second-order valence-corrected chi connectivity index (χ2v) is 10.00. The molecular formula is C23H24ClFN8O2. The summed E-state index contributed by atoms with van der Waals surface area (Å²) in [7, 11) is 0. The largest absolute Gasteiger partial charge is 0.422 e. The maximum atomic E-state index is 14.9. The number of halogens is 2. The molecule has 182 valence electrons. The van der Waals surface area contributed by atoms with Crippen molar-refractivity contribution in [3.05, 3.63) is 47.3 Å². The van der Waals surface area contributed by atoms with Gasteiger partial charge in [-0.1, -0.05) is 32.4 Å². The summed E-state index contributed by atoms with van der Waals surface area (Å²) in [6.45, 7) is 8.74. The van der Waals surface area contributed by atoms with E-state index in [2.05, 4.69) is 45.8 Å². The lowest BCUT2D eigenvalue weighted by Crippen LogP contribution is -2.49. The number of carbonyl (C=O) groups excluding carboxylic acids is 1. The molecule has 1 aliphatic rings. The molecule has 0 spiro atoms. The average molecular weight is 499 g/mol. The molecule has 0 unspecified atom stereocenters. The molecule has 5 heterocycles. The van der Waals surface area contributed by atoms with Crippen LogP contribution in [0.1, 0.15) is 31.1 Å². The molecule has 1 aliphatic heterocycles. The Kier molecular flexibility index (Phi) is 5.87. The van der Waals surface area contributed by atoms with Gasteiger partial charge in [0.2, 0.25) is 11.5 Å². The van der Waals surface area contributed by atoms with Crippen molar-refractivity contribution in [2.75, 3.05) is 31.1 Å². The molecule has 0 bridgehead atoms. The molecule has 0 aromatic carbocycles. The van der Waals surface area contributed by atoms with E-state index in [0.717, 1.165) is 0 Å². The van der Waals surface area contributed by atoms with Crippen molar-refractivity contribution >= 4 is 34.8 Å². The highest BCUT2D eigenvalue weighted by molar-refractivity contribution is 6.29. The summed E-state index contributed by atoms with van der Waals surface area (Å²) in [5, 5.41) is 4.67. The fourth-order valence-corrected chi connectivity index (χ4v) is 4.03. The number of amides is 1. The summed E-state index contributed by atoms with van der Waals surface area (Å²) in [5.41, 5.74) is 1.17. The van der Waals surface area contributed by atoms with Gasteiger partial charge in [0.05, 0.1) is 5.56 Å². The Morgan fingerprint density at radius 3 is 2.63 bits per heavy atom. The first-order valence-corrected chi connectivity index (χ1v) is 11.6. The number of carbonyl (C=O) groups is 1. The first-order chi connectivity index (χ1) is 16.7. The number of piperazine rings is 1. The topological polar surface area (TPSA) is 106 Å². The summed E-state index contributed by atoms with van der Waals surface area (Å²) >= 11 is 5.92. The molecule has 0 atom stereocenters. The number of hydrogen-bond donors (Lipinski definition) is 0. The fraction of sp³-hybridized carbons (Fsp3) is 0.391. The second-order valence-electron chi connectivity index (χ2n) is 9.61. The molecule has 10 nitrogen and oxygen atoms in total. The maximum Gasteiger partial charge on any atom is 0.300 e. The smallest absolute Gasteiger partial charge is 0.300 e. The molecular weight excluding hydrogens is 475 g/mol. The second kappa shape index (κ2) is 8.88. The van der Waals surface area contributed by atoms with Crippen LogP contribution in [0.5, 0.6) is 0 Å². The van der Waals surface area contributed by atoms with Gasteiger partial charge in [0.1, 0.15) is 17.2 Å². The van der Waals surface area contributed by atoms with Gasteiger partial charge in [0, 0.05) is 38.9 Å². The zero-order chi connectivity index (χ0) is 24.7. The van der Waals surface area contributed by atoms with E-state index in [1.807, 2.05) is 4.90 Å². The number of hydrogen-bond acceptors (Lipinski definition) is 8. The number of oxazole rings is 1. The van der Waals surface area contributed by atoms with Gasteiger partial charge < -0.3 is 14.2 Å². The van der Waals surface area contributed by atoms with Gasteiger partial charge in [-0.15, -0.1) is 5.10 Å². The molecule has 1 saturated heterocycles. The van der Waals surface area contributed by atoms with Gasteiger partial charge >= 0.3 is 0 Å². The number of rotatable bonds is 4. The number of pyridine rings is 2. The zero-order valence-electron chi connectivity index (χ0n) is 19.6. The van der Waals surface area contributed by atoms with Crippen LogP contribution in [-0.2, 0) is 6.54 Å². The van der Waals surface area contributed by atoms with Crippen LogP contribution in [-0.4, -0.2) is 66.7 Å². The monoisotopic (exact) mass is 498 g/mol. The lowest BCUT2D eigenvalue weighted by Gasteiger charge is -2.33. The predicted molar refractivity (Wildman–Crippen MR) is 128 cm³/mol. The molecule has 5 rings (SSSR count). The summed E-state index contributed by atoms with van der Waals surface area (Å²) in [6, 6.07) is 4.98. The summed E-state index contributed by atoms with van der Waals surface area (Å²) in [4.78, 5) is 33.4. The van der Waals surface area contributed by atoms with Gasteiger partial charge in [-0.3, -0.25) is 9.48 Å². The average Bonchev–Trinajstić information content (AvgIpc) is 3.44. The van der Waals surface area contributed by atoms with Crippen LogP contribution in [0.15, 0.2) is 35.1 Å². The van der Waals surface area contributed by atoms with Crippen LogP contribution in [0, 0.1) is 11.2 Å². The predicted octanol–water partition coefficient (Wildman–Crippen LogP) is 3.68. The Hall–Kier alpha value is -3.60. The standard InChI is InChI=1S/C23H24ClFN8O2/c1-23(2,3)12-33-13-27-20(30-33)18-15(25)10-14(11-26-18)21(34)31-6-8-32(9-7-31)22-29-19-16(35-22)4-5-17(24)28-19/h4-5,10-11,13H,6-9,12H2,1-3H3. The highest BCUT2D eigenvalue weighted by atomic mass is 35.5. The molecule has 0 N–H and O–H groups in total. The minimum Gasteiger partial charge on any atom is -0.422 e.